The topological polar surface area (TPSA) is 35.5 Å². The van der Waals surface area contributed by atoms with Crippen LogP contribution in [0.4, 0.5) is 0 Å². The molecule has 0 atom stereocenters. The van der Waals surface area contributed by atoms with E-state index in [0.29, 0.717) is 0 Å². The monoisotopic (exact) mass is 190 g/mol. The van der Waals surface area contributed by atoms with Crippen molar-refractivity contribution >= 4 is 24.8 Å². The molecule has 66 valence electrons. The number of hydroxylamine groups is 2. The maximum absolute atomic E-state index is 8.28. The zero-order valence-electron chi connectivity index (χ0n) is 6.33. The number of halogens is 2. The quantitative estimate of drug-likeness (QED) is 0.593. The van der Waals surface area contributed by atoms with Crippen LogP contribution >= 0.6 is 24.8 Å². The molecule has 3 nitrogen and oxygen atoms in total. The summed E-state index contributed by atoms with van der Waals surface area (Å²) in [4.78, 5) is 0. The Morgan fingerprint density at radius 1 is 1.20 bits per heavy atom. The Morgan fingerprint density at radius 2 is 1.40 bits per heavy atom. The third-order valence-electron chi connectivity index (χ3n) is 0.832. The van der Waals surface area contributed by atoms with Crippen LogP contribution in [0.3, 0.4) is 0 Å². The fourth-order valence-electron chi connectivity index (χ4n) is 0.300. The van der Waals surface area contributed by atoms with Gasteiger partial charge in [0.05, 0.1) is 0 Å². The van der Waals surface area contributed by atoms with Crippen molar-refractivity contribution in [2.24, 2.45) is 0 Å². The molecule has 5 heteroatoms. The number of nitrogens with zero attached hydrogens (tertiary/aromatic N) is 1. The molecule has 0 aromatic heterocycles. The van der Waals surface area contributed by atoms with E-state index in [-0.39, 0.29) is 24.8 Å². The zero-order valence-corrected chi connectivity index (χ0v) is 7.97. The van der Waals surface area contributed by atoms with Crippen LogP contribution in [0.25, 0.3) is 0 Å². The maximum atomic E-state index is 8.28. The van der Waals surface area contributed by atoms with Crippen LogP contribution in [0.2, 0.25) is 0 Å². The van der Waals surface area contributed by atoms with Gasteiger partial charge in [0.2, 0.25) is 0 Å². The van der Waals surface area contributed by atoms with E-state index < -0.39 is 0 Å². The lowest BCUT2D eigenvalue weighted by Gasteiger charge is -2.22. The highest BCUT2D eigenvalue weighted by atomic mass is 35.5. The van der Waals surface area contributed by atoms with E-state index in [1.54, 1.807) is 0 Å². The molecule has 0 spiro atoms. The second kappa shape index (κ2) is 12.2. The highest BCUT2D eigenvalue weighted by Crippen LogP contribution is 1.97. The number of hydrogen-bond acceptors (Lipinski definition) is 3. The number of hydrogen-bond donors (Lipinski definition) is 2. The van der Waals surface area contributed by atoms with Gasteiger partial charge in [0.1, 0.15) is 0 Å². The third kappa shape index (κ3) is 11.3. The SMILES string of the molecule is CNC.Cl.Cl.ON1CCC1. The molecule has 1 fully saturated rings. The Kier molecular flexibility index (Phi) is 20.5. The molecule has 1 aliphatic heterocycles. The van der Waals surface area contributed by atoms with Gasteiger partial charge in [-0.25, -0.2) is 0 Å². The van der Waals surface area contributed by atoms with Crippen molar-refractivity contribution in [2.45, 2.75) is 6.42 Å². The zero-order chi connectivity index (χ0) is 6.41. The second-order valence-electron chi connectivity index (χ2n) is 1.81. The van der Waals surface area contributed by atoms with Gasteiger partial charge < -0.3 is 10.5 Å². The largest absolute Gasteiger partial charge is 0.323 e. The van der Waals surface area contributed by atoms with Crippen LogP contribution in [-0.2, 0) is 0 Å². The van der Waals surface area contributed by atoms with Crippen LogP contribution in [0.5, 0.6) is 0 Å². The van der Waals surface area contributed by atoms with Gasteiger partial charge >= 0.3 is 0 Å². The summed E-state index contributed by atoms with van der Waals surface area (Å²) in [5.74, 6) is 0. The molecule has 0 saturated carbocycles. The first-order valence-electron chi connectivity index (χ1n) is 2.83. The molecule has 0 amide bonds. The van der Waals surface area contributed by atoms with Crippen molar-refractivity contribution in [1.29, 1.82) is 0 Å². The molecule has 0 aromatic rings. The van der Waals surface area contributed by atoms with E-state index in [2.05, 4.69) is 5.32 Å². The molecule has 1 rings (SSSR count). The highest BCUT2D eigenvalue weighted by Gasteiger charge is 2.07. The minimum atomic E-state index is 0. The molecule has 2 N–H and O–H groups in total. The van der Waals surface area contributed by atoms with Crippen molar-refractivity contribution in [1.82, 2.24) is 10.4 Å². The molecule has 0 unspecified atom stereocenters. The van der Waals surface area contributed by atoms with Crippen molar-refractivity contribution in [3.05, 3.63) is 0 Å². The fraction of sp³-hybridized carbons (Fsp3) is 1.00. The second-order valence-corrected chi connectivity index (χ2v) is 1.81. The molecular formula is C5H16Cl2N2O. The van der Waals surface area contributed by atoms with Crippen molar-refractivity contribution < 1.29 is 5.21 Å². The predicted octanol–water partition coefficient (Wildman–Crippen LogP) is 0.760. The van der Waals surface area contributed by atoms with Crippen molar-refractivity contribution in [3.8, 4) is 0 Å². The summed E-state index contributed by atoms with van der Waals surface area (Å²) < 4.78 is 0. The normalized spacial score (nSPS) is 14.7. The van der Waals surface area contributed by atoms with E-state index in [9.17, 15) is 0 Å². The van der Waals surface area contributed by atoms with Crippen LogP contribution in [-0.4, -0.2) is 37.5 Å². The first-order valence-corrected chi connectivity index (χ1v) is 2.83. The standard InChI is InChI=1S/C3H7NO.C2H7N.2ClH/c5-4-2-1-3-4;1-3-2;;/h5H,1-3H2;3H,1-2H3;2*1H. The molecule has 0 aliphatic carbocycles. The third-order valence-corrected chi connectivity index (χ3v) is 0.832. The molecule has 0 bridgehead atoms. The molecule has 10 heavy (non-hydrogen) atoms. The number of rotatable bonds is 0. The summed E-state index contributed by atoms with van der Waals surface area (Å²) >= 11 is 0. The lowest BCUT2D eigenvalue weighted by atomic mass is 10.3. The first kappa shape index (κ1) is 16.8. The smallest absolute Gasteiger partial charge is 0.0251 e. The maximum Gasteiger partial charge on any atom is 0.0251 e. The molecular weight excluding hydrogens is 175 g/mol. The van der Waals surface area contributed by atoms with Crippen molar-refractivity contribution in [3.63, 3.8) is 0 Å². The van der Waals surface area contributed by atoms with E-state index in [0.717, 1.165) is 19.5 Å². The Labute approximate surface area is 74.6 Å². The Hall–Kier alpha value is 0.460. The molecule has 1 heterocycles. The van der Waals surface area contributed by atoms with Gasteiger partial charge in [0, 0.05) is 13.1 Å². The van der Waals surface area contributed by atoms with Crippen molar-refractivity contribution in [2.75, 3.05) is 27.2 Å². The average Bonchev–Trinajstić information content (AvgIpc) is 1.64. The van der Waals surface area contributed by atoms with Crippen LogP contribution in [0.15, 0.2) is 0 Å². The molecule has 0 aromatic carbocycles. The summed E-state index contributed by atoms with van der Waals surface area (Å²) in [5.41, 5.74) is 0. The highest BCUT2D eigenvalue weighted by molar-refractivity contribution is 5.85. The van der Waals surface area contributed by atoms with E-state index in [4.69, 9.17) is 5.21 Å². The minimum absolute atomic E-state index is 0. The molecule has 1 aliphatic rings. The van der Waals surface area contributed by atoms with Gasteiger partial charge in [0.25, 0.3) is 0 Å². The summed E-state index contributed by atoms with van der Waals surface area (Å²) in [6, 6.07) is 0. The minimum Gasteiger partial charge on any atom is -0.323 e. The summed E-state index contributed by atoms with van der Waals surface area (Å²) in [7, 11) is 3.75. The van der Waals surface area contributed by atoms with Crippen LogP contribution in [0, 0.1) is 0 Å². The first-order chi connectivity index (χ1) is 3.81. The van der Waals surface area contributed by atoms with Gasteiger partial charge in [0.15, 0.2) is 0 Å². The number of nitrogens with one attached hydrogen (secondary N) is 1. The van der Waals surface area contributed by atoms with Crippen LogP contribution in [0.1, 0.15) is 6.42 Å². The van der Waals surface area contributed by atoms with Gasteiger partial charge in [-0.2, -0.15) is 5.06 Å². The lowest BCUT2D eigenvalue weighted by molar-refractivity contribution is -0.137. The van der Waals surface area contributed by atoms with Gasteiger partial charge in [-0.3, -0.25) is 0 Å². The Bertz CT molecular complexity index is 52.9. The van der Waals surface area contributed by atoms with E-state index in [1.807, 2.05) is 14.1 Å². The van der Waals surface area contributed by atoms with E-state index in [1.165, 1.54) is 5.06 Å². The van der Waals surface area contributed by atoms with E-state index >= 15 is 0 Å². The van der Waals surface area contributed by atoms with Gasteiger partial charge in [-0.05, 0) is 20.5 Å². The summed E-state index contributed by atoms with van der Waals surface area (Å²) in [6.07, 6.45) is 1.16. The molecule has 1 saturated heterocycles. The predicted molar refractivity (Wildman–Crippen MR) is 47.5 cm³/mol. The van der Waals surface area contributed by atoms with Gasteiger partial charge in [-0.15, -0.1) is 24.8 Å². The summed E-state index contributed by atoms with van der Waals surface area (Å²) in [5, 5.41) is 12.3. The Balaban J connectivity index is -0.0000000900. The Morgan fingerprint density at radius 3 is 1.40 bits per heavy atom. The molecule has 0 radical (unpaired) electrons. The summed E-state index contributed by atoms with van der Waals surface area (Å²) in [6.45, 7) is 1.75. The van der Waals surface area contributed by atoms with Crippen LogP contribution < -0.4 is 5.32 Å². The lowest BCUT2D eigenvalue weighted by Crippen LogP contribution is -2.33. The fourth-order valence-corrected chi connectivity index (χ4v) is 0.300. The van der Waals surface area contributed by atoms with Gasteiger partial charge in [-0.1, -0.05) is 0 Å². The average molecular weight is 191 g/mol.